The predicted molar refractivity (Wildman–Crippen MR) is 111 cm³/mol. The van der Waals surface area contributed by atoms with Crippen LogP contribution in [-0.4, -0.2) is 24.0 Å². The van der Waals surface area contributed by atoms with Gasteiger partial charge in [0.1, 0.15) is 0 Å². The Hall–Kier alpha value is -1.60. The maximum atomic E-state index is 2.75. The van der Waals surface area contributed by atoms with Crippen LogP contribution in [0.25, 0.3) is 0 Å². The molecule has 0 aliphatic heterocycles. The van der Waals surface area contributed by atoms with Gasteiger partial charge >= 0.3 is 0 Å². The molecular formula is C25H33N. The zero-order chi connectivity index (χ0) is 17.8. The molecule has 0 heterocycles. The van der Waals surface area contributed by atoms with Crippen LogP contribution in [0.2, 0.25) is 0 Å². The fourth-order valence-electron chi connectivity index (χ4n) is 5.55. The van der Waals surface area contributed by atoms with Gasteiger partial charge in [-0.05, 0) is 56.7 Å². The van der Waals surface area contributed by atoms with Crippen LogP contribution in [-0.2, 0) is 5.41 Å². The van der Waals surface area contributed by atoms with Crippen LogP contribution in [0, 0.1) is 0 Å². The number of hydrogen-bond donors (Lipinski definition) is 0. The van der Waals surface area contributed by atoms with Gasteiger partial charge in [-0.15, -0.1) is 0 Å². The van der Waals surface area contributed by atoms with Crippen LogP contribution in [0.15, 0.2) is 60.7 Å². The van der Waals surface area contributed by atoms with E-state index in [1.165, 1.54) is 68.9 Å². The summed E-state index contributed by atoms with van der Waals surface area (Å²) in [5.74, 6) is 0. The van der Waals surface area contributed by atoms with Crippen LogP contribution < -0.4 is 0 Å². The Morgan fingerprint density at radius 3 is 1.62 bits per heavy atom. The van der Waals surface area contributed by atoms with Gasteiger partial charge in [0.15, 0.2) is 0 Å². The van der Waals surface area contributed by atoms with Gasteiger partial charge in [0.2, 0.25) is 0 Å². The van der Waals surface area contributed by atoms with Gasteiger partial charge in [-0.2, -0.15) is 0 Å². The summed E-state index contributed by atoms with van der Waals surface area (Å²) in [6.07, 6.45) is 12.3. The predicted octanol–water partition coefficient (Wildman–Crippen LogP) is 6.18. The van der Waals surface area contributed by atoms with E-state index in [9.17, 15) is 0 Å². The molecule has 2 saturated carbocycles. The Morgan fingerprint density at radius 2 is 1.12 bits per heavy atom. The maximum Gasteiger partial charge on any atom is 0.0204 e. The molecule has 1 heteroatoms. The van der Waals surface area contributed by atoms with Crippen molar-refractivity contribution in [2.45, 2.75) is 75.3 Å². The monoisotopic (exact) mass is 347 g/mol. The standard InChI is InChI=1S/C25H33N/c1-26(23-15-9-4-10-16-23)24-17-19-25(20-18-24,21-11-5-2-6-12-21)22-13-7-3-8-14-22/h2-3,5-8,11-14,23-24H,4,9-10,15-20H2,1H3. The van der Waals surface area contributed by atoms with Gasteiger partial charge in [0, 0.05) is 17.5 Å². The number of rotatable bonds is 4. The minimum absolute atomic E-state index is 0.201. The molecule has 2 fully saturated rings. The highest BCUT2D eigenvalue weighted by atomic mass is 15.2. The van der Waals surface area contributed by atoms with Crippen LogP contribution >= 0.6 is 0 Å². The molecule has 2 aromatic rings. The third-order valence-corrected chi connectivity index (χ3v) is 7.19. The molecule has 0 unspecified atom stereocenters. The first-order valence-corrected chi connectivity index (χ1v) is 10.6. The average molecular weight is 348 g/mol. The van der Waals surface area contributed by atoms with Crippen LogP contribution in [0.4, 0.5) is 0 Å². The van der Waals surface area contributed by atoms with Gasteiger partial charge in [-0.3, -0.25) is 0 Å². The number of nitrogens with zero attached hydrogens (tertiary/aromatic N) is 1. The van der Waals surface area contributed by atoms with E-state index in [0.29, 0.717) is 0 Å². The molecule has 0 N–H and O–H groups in total. The summed E-state index contributed by atoms with van der Waals surface area (Å²) in [5, 5.41) is 0. The third-order valence-electron chi connectivity index (χ3n) is 7.19. The summed E-state index contributed by atoms with van der Waals surface area (Å²) in [4.78, 5) is 2.75. The number of hydrogen-bond acceptors (Lipinski definition) is 1. The first-order chi connectivity index (χ1) is 12.8. The first-order valence-electron chi connectivity index (χ1n) is 10.6. The second-order valence-corrected chi connectivity index (χ2v) is 8.50. The van der Waals surface area contributed by atoms with Crippen molar-refractivity contribution in [2.24, 2.45) is 0 Å². The van der Waals surface area contributed by atoms with E-state index < -0.39 is 0 Å². The third kappa shape index (κ3) is 3.47. The largest absolute Gasteiger partial charge is 0.300 e. The van der Waals surface area contributed by atoms with Crippen molar-refractivity contribution in [1.29, 1.82) is 0 Å². The van der Waals surface area contributed by atoms with Gasteiger partial charge in [-0.1, -0.05) is 79.9 Å². The Labute approximate surface area is 159 Å². The van der Waals surface area contributed by atoms with Crippen molar-refractivity contribution in [3.05, 3.63) is 71.8 Å². The molecule has 2 aliphatic rings. The van der Waals surface area contributed by atoms with Crippen LogP contribution in [0.1, 0.15) is 68.9 Å². The van der Waals surface area contributed by atoms with E-state index in [0.717, 1.165) is 12.1 Å². The van der Waals surface area contributed by atoms with Crippen molar-refractivity contribution >= 4 is 0 Å². The van der Waals surface area contributed by atoms with Gasteiger partial charge in [-0.25, -0.2) is 0 Å². The lowest BCUT2D eigenvalue weighted by atomic mass is 9.64. The molecule has 2 aromatic carbocycles. The highest BCUT2D eigenvalue weighted by Crippen LogP contribution is 2.46. The molecule has 2 aliphatic carbocycles. The van der Waals surface area contributed by atoms with E-state index in [1.807, 2.05) is 0 Å². The van der Waals surface area contributed by atoms with Crippen molar-refractivity contribution in [3.8, 4) is 0 Å². The molecular weight excluding hydrogens is 314 g/mol. The van der Waals surface area contributed by atoms with E-state index in [2.05, 4.69) is 72.6 Å². The highest BCUT2D eigenvalue weighted by molar-refractivity contribution is 5.40. The second kappa shape index (κ2) is 7.96. The Bertz CT molecular complexity index is 622. The molecule has 0 bridgehead atoms. The minimum atomic E-state index is 0.201. The summed E-state index contributed by atoms with van der Waals surface area (Å²) in [7, 11) is 2.40. The first kappa shape index (κ1) is 17.8. The Morgan fingerprint density at radius 1 is 0.654 bits per heavy atom. The Kier molecular flexibility index (Phi) is 5.45. The normalized spacial score (nSPS) is 21.8. The lowest BCUT2D eigenvalue weighted by Gasteiger charge is -2.46. The minimum Gasteiger partial charge on any atom is -0.300 e. The highest BCUT2D eigenvalue weighted by Gasteiger charge is 2.40. The second-order valence-electron chi connectivity index (χ2n) is 8.50. The van der Waals surface area contributed by atoms with Crippen molar-refractivity contribution in [3.63, 3.8) is 0 Å². The summed E-state index contributed by atoms with van der Waals surface area (Å²) in [6, 6.07) is 24.1. The topological polar surface area (TPSA) is 3.24 Å². The van der Waals surface area contributed by atoms with Gasteiger partial charge < -0.3 is 4.90 Å². The summed E-state index contributed by atoms with van der Waals surface area (Å²) in [5.41, 5.74) is 3.21. The fraction of sp³-hybridized carbons (Fsp3) is 0.520. The molecule has 0 saturated heterocycles. The summed E-state index contributed by atoms with van der Waals surface area (Å²) in [6.45, 7) is 0. The summed E-state index contributed by atoms with van der Waals surface area (Å²) < 4.78 is 0. The molecule has 4 rings (SSSR count). The molecule has 1 nitrogen and oxygen atoms in total. The van der Waals surface area contributed by atoms with Gasteiger partial charge in [0.05, 0.1) is 0 Å². The average Bonchev–Trinajstić information content (AvgIpc) is 2.75. The lowest BCUT2D eigenvalue weighted by molar-refractivity contribution is 0.0960. The van der Waals surface area contributed by atoms with E-state index in [4.69, 9.17) is 0 Å². The van der Waals surface area contributed by atoms with Gasteiger partial charge in [0.25, 0.3) is 0 Å². The van der Waals surface area contributed by atoms with Crippen LogP contribution in [0.3, 0.4) is 0 Å². The van der Waals surface area contributed by atoms with Crippen LogP contribution in [0.5, 0.6) is 0 Å². The van der Waals surface area contributed by atoms with Crippen molar-refractivity contribution < 1.29 is 0 Å². The molecule has 0 aromatic heterocycles. The SMILES string of the molecule is CN(C1CCCCC1)C1CCC(c2ccccc2)(c2ccccc2)CC1. The molecule has 0 amide bonds. The number of benzene rings is 2. The quantitative estimate of drug-likeness (QED) is 0.638. The maximum absolute atomic E-state index is 2.75. The van der Waals surface area contributed by atoms with E-state index in [-0.39, 0.29) is 5.41 Å². The van der Waals surface area contributed by atoms with E-state index in [1.54, 1.807) is 0 Å². The summed E-state index contributed by atoms with van der Waals surface area (Å²) >= 11 is 0. The smallest absolute Gasteiger partial charge is 0.0204 e. The Balaban J connectivity index is 1.55. The molecule has 26 heavy (non-hydrogen) atoms. The molecule has 0 radical (unpaired) electrons. The molecule has 0 spiro atoms. The van der Waals surface area contributed by atoms with Crippen molar-refractivity contribution in [2.75, 3.05) is 7.05 Å². The zero-order valence-corrected chi connectivity index (χ0v) is 16.2. The molecule has 0 atom stereocenters. The van der Waals surface area contributed by atoms with E-state index >= 15 is 0 Å². The van der Waals surface area contributed by atoms with Crippen molar-refractivity contribution in [1.82, 2.24) is 4.90 Å². The molecule has 138 valence electrons. The lowest BCUT2D eigenvalue weighted by Crippen LogP contribution is -2.46. The fourth-order valence-corrected chi connectivity index (χ4v) is 5.55. The zero-order valence-electron chi connectivity index (χ0n) is 16.2.